The van der Waals surface area contributed by atoms with E-state index in [-0.39, 0.29) is 10.8 Å². The average molecular weight is 470 g/mol. The van der Waals surface area contributed by atoms with E-state index in [9.17, 15) is 10.2 Å². The molecule has 0 saturated heterocycles. The van der Waals surface area contributed by atoms with Crippen LogP contribution in [0.15, 0.2) is 52.3 Å². The lowest BCUT2D eigenvalue weighted by molar-refractivity contribution is 0.0862. The Morgan fingerprint density at radius 3 is 2.74 bits per heavy atom. The van der Waals surface area contributed by atoms with Gasteiger partial charge in [0, 0.05) is 11.8 Å². The molecule has 0 aromatic carbocycles. The van der Waals surface area contributed by atoms with E-state index in [1.54, 1.807) is 12.7 Å². The normalized spacial score (nSPS) is 33.8. The zero-order valence-corrected chi connectivity index (χ0v) is 22.4. The van der Waals surface area contributed by atoms with Gasteiger partial charge in [0.15, 0.2) is 0 Å². The van der Waals surface area contributed by atoms with E-state index >= 15 is 0 Å². The standard InChI is InChI=1S/C30H47NO3/c1-20(10-8-12-28(31-34-7)29(3,4)5)25-15-16-26-22(11-9-17-30(25,26)6)13-14-23-18-24(32)19-27(33)21(23)2/h13-15,20,24,26-27,32-33H,2,8-12,16-19H2,1,3-7H3/b22-13+,23-14-,31-28+/t20?,24-,26?,27+,30?/m1/s1. The fourth-order valence-corrected chi connectivity index (χ4v) is 6.48. The third-order valence-electron chi connectivity index (χ3n) is 8.52. The average Bonchev–Trinajstić information content (AvgIpc) is 3.11. The van der Waals surface area contributed by atoms with Crippen molar-refractivity contribution in [3.05, 3.63) is 47.1 Å². The minimum Gasteiger partial charge on any atom is -0.399 e. The van der Waals surface area contributed by atoms with Gasteiger partial charge in [-0.1, -0.05) is 75.7 Å². The molecule has 4 heteroatoms. The smallest absolute Gasteiger partial charge is 0.106 e. The third-order valence-corrected chi connectivity index (χ3v) is 8.52. The summed E-state index contributed by atoms with van der Waals surface area (Å²) in [7, 11) is 1.64. The van der Waals surface area contributed by atoms with Gasteiger partial charge < -0.3 is 15.1 Å². The van der Waals surface area contributed by atoms with Crippen molar-refractivity contribution >= 4 is 5.71 Å². The van der Waals surface area contributed by atoms with Crippen molar-refractivity contribution < 1.29 is 15.1 Å². The quantitative estimate of drug-likeness (QED) is 0.242. The number of allylic oxidation sites excluding steroid dienone is 5. The van der Waals surface area contributed by atoms with Crippen LogP contribution in [-0.4, -0.2) is 35.2 Å². The second-order valence-corrected chi connectivity index (χ2v) is 12.1. The number of fused-ring (bicyclic) bond motifs is 1. The SMILES string of the molecule is C=C1/C(=C\C=C2/CCCC3(C)C(C(C)CCC/C(=N\OC)C(C)(C)C)=CCC23)C[C@@H](O)C[C@@H]1O. The Kier molecular flexibility index (Phi) is 8.68. The summed E-state index contributed by atoms with van der Waals surface area (Å²) < 4.78 is 0. The highest BCUT2D eigenvalue weighted by molar-refractivity contribution is 5.88. The monoisotopic (exact) mass is 469 g/mol. The first-order valence-electron chi connectivity index (χ1n) is 13.2. The van der Waals surface area contributed by atoms with Gasteiger partial charge in [0.1, 0.15) is 7.11 Å². The van der Waals surface area contributed by atoms with Crippen molar-refractivity contribution in [2.45, 2.75) is 105 Å². The van der Waals surface area contributed by atoms with Gasteiger partial charge in [-0.05, 0) is 79.8 Å². The van der Waals surface area contributed by atoms with E-state index in [0.29, 0.717) is 24.7 Å². The number of hydrogen-bond donors (Lipinski definition) is 2. The maximum absolute atomic E-state index is 10.2. The molecule has 2 fully saturated rings. The molecule has 0 aromatic heterocycles. The second-order valence-electron chi connectivity index (χ2n) is 12.1. The maximum Gasteiger partial charge on any atom is 0.106 e. The van der Waals surface area contributed by atoms with Crippen molar-refractivity contribution in [2.24, 2.45) is 27.8 Å². The van der Waals surface area contributed by atoms with Crippen LogP contribution in [0.3, 0.4) is 0 Å². The molecule has 0 aliphatic heterocycles. The number of hydrogen-bond acceptors (Lipinski definition) is 4. The highest BCUT2D eigenvalue weighted by Crippen LogP contribution is 2.57. The summed E-state index contributed by atoms with van der Waals surface area (Å²) in [5, 5.41) is 24.6. The van der Waals surface area contributed by atoms with Gasteiger partial charge in [0.05, 0.1) is 17.9 Å². The Morgan fingerprint density at radius 2 is 2.06 bits per heavy atom. The van der Waals surface area contributed by atoms with Gasteiger partial charge in [-0.2, -0.15) is 0 Å². The predicted octanol–water partition coefficient (Wildman–Crippen LogP) is 6.90. The number of oxime groups is 1. The number of nitrogens with zero attached hydrogens (tertiary/aromatic N) is 1. The fraction of sp³-hybridized carbons (Fsp3) is 0.700. The molecule has 0 bridgehead atoms. The Labute approximate surface area is 207 Å². The van der Waals surface area contributed by atoms with Crippen molar-refractivity contribution in [3.8, 4) is 0 Å². The van der Waals surface area contributed by atoms with Crippen molar-refractivity contribution in [3.63, 3.8) is 0 Å². The van der Waals surface area contributed by atoms with E-state index in [1.807, 2.05) is 0 Å². The summed E-state index contributed by atoms with van der Waals surface area (Å²) in [5.74, 6) is 1.13. The Balaban J connectivity index is 1.67. The van der Waals surface area contributed by atoms with Gasteiger partial charge >= 0.3 is 0 Å². The van der Waals surface area contributed by atoms with Crippen LogP contribution in [-0.2, 0) is 4.84 Å². The van der Waals surface area contributed by atoms with Crippen LogP contribution in [0.1, 0.15) is 92.4 Å². The molecule has 5 atom stereocenters. The predicted molar refractivity (Wildman–Crippen MR) is 142 cm³/mol. The van der Waals surface area contributed by atoms with Crippen LogP contribution in [0.25, 0.3) is 0 Å². The molecule has 2 saturated carbocycles. The van der Waals surface area contributed by atoms with Gasteiger partial charge in [0.2, 0.25) is 0 Å². The highest BCUT2D eigenvalue weighted by atomic mass is 16.6. The van der Waals surface area contributed by atoms with Gasteiger partial charge in [-0.3, -0.25) is 0 Å². The van der Waals surface area contributed by atoms with Crippen molar-refractivity contribution in [1.29, 1.82) is 0 Å². The minimum atomic E-state index is -0.627. The summed E-state index contributed by atoms with van der Waals surface area (Å²) in [4.78, 5) is 5.10. The van der Waals surface area contributed by atoms with Crippen LogP contribution in [0.5, 0.6) is 0 Å². The van der Waals surface area contributed by atoms with Gasteiger partial charge in [0.25, 0.3) is 0 Å². The second kappa shape index (κ2) is 11.0. The summed E-state index contributed by atoms with van der Waals surface area (Å²) in [6.07, 6.45) is 14.8. The van der Waals surface area contributed by atoms with Gasteiger partial charge in [-0.25, -0.2) is 0 Å². The molecule has 3 aliphatic rings. The molecule has 0 radical (unpaired) electrons. The van der Waals surface area contributed by atoms with Crippen molar-refractivity contribution in [1.82, 2.24) is 0 Å². The van der Waals surface area contributed by atoms with E-state index in [4.69, 9.17) is 4.84 Å². The van der Waals surface area contributed by atoms with Crippen LogP contribution in [0.4, 0.5) is 0 Å². The third kappa shape index (κ3) is 5.94. The van der Waals surface area contributed by atoms with Crippen LogP contribution < -0.4 is 0 Å². The lowest BCUT2D eigenvalue weighted by Crippen LogP contribution is -2.32. The molecular weight excluding hydrogens is 422 g/mol. The largest absolute Gasteiger partial charge is 0.399 e. The molecule has 3 unspecified atom stereocenters. The zero-order valence-electron chi connectivity index (χ0n) is 22.4. The Hall–Kier alpha value is -1.65. The molecule has 3 rings (SSSR count). The number of aliphatic hydroxyl groups is 2. The van der Waals surface area contributed by atoms with Crippen LogP contribution in [0.2, 0.25) is 0 Å². The highest BCUT2D eigenvalue weighted by Gasteiger charge is 2.45. The van der Waals surface area contributed by atoms with Crippen LogP contribution in [0, 0.1) is 22.7 Å². The molecule has 34 heavy (non-hydrogen) atoms. The topological polar surface area (TPSA) is 62.0 Å². The van der Waals surface area contributed by atoms with Gasteiger partial charge in [-0.15, -0.1) is 0 Å². The maximum atomic E-state index is 10.2. The van der Waals surface area contributed by atoms with E-state index in [0.717, 1.165) is 42.5 Å². The van der Waals surface area contributed by atoms with E-state index in [2.05, 4.69) is 64.6 Å². The minimum absolute atomic E-state index is 0.0379. The molecule has 3 aliphatic carbocycles. The fourth-order valence-electron chi connectivity index (χ4n) is 6.48. The van der Waals surface area contributed by atoms with E-state index < -0.39 is 12.2 Å². The lowest BCUT2D eigenvalue weighted by atomic mass is 9.62. The Bertz CT molecular complexity index is 872. The molecule has 0 aromatic rings. The first-order chi connectivity index (χ1) is 16.0. The summed E-state index contributed by atoms with van der Waals surface area (Å²) in [6, 6.07) is 0. The summed E-state index contributed by atoms with van der Waals surface area (Å²) in [5.41, 5.74) is 6.34. The molecule has 0 heterocycles. The first kappa shape index (κ1) is 26.9. The number of aliphatic hydroxyl groups excluding tert-OH is 2. The lowest BCUT2D eigenvalue weighted by Gasteiger charge is -2.42. The Morgan fingerprint density at radius 1 is 1.32 bits per heavy atom. The summed E-state index contributed by atoms with van der Waals surface area (Å²) >= 11 is 0. The number of rotatable bonds is 7. The molecule has 2 N–H and O–H groups in total. The van der Waals surface area contributed by atoms with E-state index in [1.165, 1.54) is 24.8 Å². The summed E-state index contributed by atoms with van der Waals surface area (Å²) in [6.45, 7) is 15.6. The van der Waals surface area contributed by atoms with Crippen molar-refractivity contribution in [2.75, 3.05) is 7.11 Å². The molecule has 0 amide bonds. The van der Waals surface area contributed by atoms with Crippen LogP contribution >= 0.6 is 0 Å². The zero-order chi connectivity index (χ0) is 25.1. The molecule has 190 valence electrons. The molecular formula is C30H47NO3. The molecule has 4 nitrogen and oxygen atoms in total. The first-order valence-corrected chi connectivity index (χ1v) is 13.2. The molecule has 0 spiro atoms.